The number of H-pyrrole nitrogens is 1. The van der Waals surface area contributed by atoms with Crippen LogP contribution >= 0.6 is 0 Å². The van der Waals surface area contributed by atoms with Crippen LogP contribution in [-0.4, -0.2) is 64.9 Å². The predicted molar refractivity (Wildman–Crippen MR) is 112 cm³/mol. The number of nitrogens with one attached hydrogen (secondary N) is 2. The van der Waals surface area contributed by atoms with E-state index in [0.717, 1.165) is 54.9 Å². The molecule has 8 heteroatoms. The van der Waals surface area contributed by atoms with Gasteiger partial charge in [0, 0.05) is 25.5 Å². The van der Waals surface area contributed by atoms with Gasteiger partial charge in [0.1, 0.15) is 12.7 Å². The monoisotopic (exact) mass is 407 g/mol. The van der Waals surface area contributed by atoms with Crippen LogP contribution in [0.1, 0.15) is 23.2 Å². The zero-order valence-electron chi connectivity index (χ0n) is 16.7. The van der Waals surface area contributed by atoms with E-state index in [0.29, 0.717) is 24.6 Å². The fraction of sp³-hybridized carbons (Fsp3) is 0.409. The number of ether oxygens (including phenoxy) is 2. The van der Waals surface area contributed by atoms with Crippen LogP contribution in [0.15, 0.2) is 42.9 Å². The number of nitrogens with zero attached hydrogens (tertiary/aromatic N) is 3. The van der Waals surface area contributed by atoms with Crippen LogP contribution in [0.3, 0.4) is 0 Å². The first kappa shape index (κ1) is 18.9. The molecule has 156 valence electrons. The molecule has 0 saturated carbocycles. The normalized spacial score (nSPS) is 19.7. The van der Waals surface area contributed by atoms with Gasteiger partial charge in [-0.2, -0.15) is 5.10 Å². The summed E-state index contributed by atoms with van der Waals surface area (Å²) in [6, 6.07) is 7.45. The molecule has 8 nitrogen and oxygen atoms in total. The molecule has 5 rings (SSSR count). The van der Waals surface area contributed by atoms with Gasteiger partial charge in [-0.15, -0.1) is 0 Å². The van der Waals surface area contributed by atoms with Crippen LogP contribution in [0.2, 0.25) is 0 Å². The third-order valence-electron chi connectivity index (χ3n) is 5.89. The molecule has 0 bridgehead atoms. The summed E-state index contributed by atoms with van der Waals surface area (Å²) in [6.45, 7) is 4.09. The molecule has 0 aliphatic carbocycles. The van der Waals surface area contributed by atoms with Gasteiger partial charge in [0.15, 0.2) is 11.5 Å². The Morgan fingerprint density at radius 2 is 2.13 bits per heavy atom. The molecule has 1 saturated heterocycles. The number of aromatic amines is 1. The van der Waals surface area contributed by atoms with E-state index >= 15 is 0 Å². The van der Waals surface area contributed by atoms with E-state index in [1.807, 2.05) is 12.1 Å². The van der Waals surface area contributed by atoms with Crippen molar-refractivity contribution in [2.24, 2.45) is 5.92 Å². The molecular formula is C22H25N5O3. The zero-order chi connectivity index (χ0) is 20.3. The average Bonchev–Trinajstić information content (AvgIpc) is 3.28. The second-order valence-corrected chi connectivity index (χ2v) is 7.97. The molecular weight excluding hydrogens is 382 g/mol. The Labute approximate surface area is 174 Å². The molecule has 2 N–H and O–H groups in total. The molecule has 2 aromatic heterocycles. The standard InChI is InChI=1S/C22H25N5O3/c28-22(16-2-1-7-23-11-16)24-10-15-5-8-27(9-6-15)13-17-14-29-20-4-3-19-18(12-25-26-19)21(20)30-17/h1-4,7,11-12,15,17H,5-6,8-10,13-14H2,(H,24,28)(H,25,26). The molecule has 0 radical (unpaired) electrons. The second-order valence-electron chi connectivity index (χ2n) is 7.97. The summed E-state index contributed by atoms with van der Waals surface area (Å²) >= 11 is 0. The van der Waals surface area contributed by atoms with Crippen molar-refractivity contribution >= 4 is 16.8 Å². The van der Waals surface area contributed by atoms with E-state index in [4.69, 9.17) is 9.47 Å². The van der Waals surface area contributed by atoms with Crippen molar-refractivity contribution in [3.05, 3.63) is 48.4 Å². The van der Waals surface area contributed by atoms with E-state index < -0.39 is 0 Å². The van der Waals surface area contributed by atoms with Crippen LogP contribution in [0.25, 0.3) is 10.9 Å². The topological polar surface area (TPSA) is 92.4 Å². The smallest absolute Gasteiger partial charge is 0.252 e. The van der Waals surface area contributed by atoms with E-state index in [2.05, 4.69) is 25.4 Å². The quantitative estimate of drug-likeness (QED) is 0.674. The third kappa shape index (κ3) is 3.95. The van der Waals surface area contributed by atoms with Gasteiger partial charge < -0.3 is 14.8 Å². The molecule has 0 spiro atoms. The summed E-state index contributed by atoms with van der Waals surface area (Å²) in [5.41, 5.74) is 1.56. The predicted octanol–water partition coefficient (Wildman–Crippen LogP) is 2.24. The fourth-order valence-corrected chi connectivity index (χ4v) is 4.18. The number of piperidine rings is 1. The Morgan fingerprint density at radius 3 is 2.97 bits per heavy atom. The number of amides is 1. The zero-order valence-corrected chi connectivity index (χ0v) is 16.7. The Bertz CT molecular complexity index is 1010. The maximum absolute atomic E-state index is 12.2. The number of hydrogen-bond acceptors (Lipinski definition) is 6. The van der Waals surface area contributed by atoms with Crippen LogP contribution in [-0.2, 0) is 0 Å². The Balaban J connectivity index is 1.10. The highest BCUT2D eigenvalue weighted by molar-refractivity contribution is 5.93. The minimum Gasteiger partial charge on any atom is -0.486 e. The summed E-state index contributed by atoms with van der Waals surface area (Å²) in [5.74, 6) is 2.01. The van der Waals surface area contributed by atoms with Crippen LogP contribution in [0, 0.1) is 5.92 Å². The van der Waals surface area contributed by atoms with Crippen molar-refractivity contribution in [2.45, 2.75) is 18.9 Å². The first-order chi connectivity index (χ1) is 14.8. The third-order valence-corrected chi connectivity index (χ3v) is 5.89. The maximum Gasteiger partial charge on any atom is 0.252 e. The number of likely N-dealkylation sites (tertiary alicyclic amines) is 1. The maximum atomic E-state index is 12.2. The van der Waals surface area contributed by atoms with Gasteiger partial charge in [-0.1, -0.05) is 0 Å². The number of pyridine rings is 1. The Hall–Kier alpha value is -3.13. The van der Waals surface area contributed by atoms with Crippen molar-refractivity contribution < 1.29 is 14.3 Å². The molecule has 1 fully saturated rings. The van der Waals surface area contributed by atoms with Crippen molar-refractivity contribution in [3.63, 3.8) is 0 Å². The number of rotatable bonds is 5. The van der Waals surface area contributed by atoms with Gasteiger partial charge >= 0.3 is 0 Å². The first-order valence-corrected chi connectivity index (χ1v) is 10.4. The number of fused-ring (bicyclic) bond motifs is 3. The SMILES string of the molecule is O=C(NCC1CCN(CC2COc3ccc4[nH]ncc4c3O2)CC1)c1cccnc1. The molecule has 30 heavy (non-hydrogen) atoms. The van der Waals surface area contributed by atoms with Crippen LogP contribution in [0.5, 0.6) is 11.5 Å². The van der Waals surface area contributed by atoms with Crippen molar-refractivity contribution in [1.29, 1.82) is 0 Å². The lowest BCUT2D eigenvalue weighted by molar-refractivity contribution is 0.0490. The van der Waals surface area contributed by atoms with Gasteiger partial charge in [0.05, 0.1) is 22.7 Å². The molecule has 2 aliphatic heterocycles. The molecule has 4 heterocycles. The number of aromatic nitrogens is 3. The minimum atomic E-state index is -0.0532. The van der Waals surface area contributed by atoms with Crippen molar-refractivity contribution in [2.75, 3.05) is 32.8 Å². The summed E-state index contributed by atoms with van der Waals surface area (Å²) < 4.78 is 12.2. The fourth-order valence-electron chi connectivity index (χ4n) is 4.18. The second kappa shape index (κ2) is 8.31. The van der Waals surface area contributed by atoms with Gasteiger partial charge in [-0.25, -0.2) is 0 Å². The highest BCUT2D eigenvalue weighted by atomic mass is 16.6. The molecule has 1 amide bonds. The lowest BCUT2D eigenvalue weighted by Gasteiger charge is -2.35. The van der Waals surface area contributed by atoms with Crippen molar-refractivity contribution in [3.8, 4) is 11.5 Å². The van der Waals surface area contributed by atoms with Gasteiger partial charge in [-0.05, 0) is 56.1 Å². The number of hydrogen-bond donors (Lipinski definition) is 2. The van der Waals surface area contributed by atoms with Crippen LogP contribution < -0.4 is 14.8 Å². The lowest BCUT2D eigenvalue weighted by atomic mass is 9.96. The average molecular weight is 407 g/mol. The molecule has 3 aromatic rings. The summed E-state index contributed by atoms with van der Waals surface area (Å²) in [5, 5.41) is 11.1. The highest BCUT2D eigenvalue weighted by Crippen LogP contribution is 2.38. The van der Waals surface area contributed by atoms with Gasteiger partial charge in [-0.3, -0.25) is 19.8 Å². The number of carbonyl (C=O) groups excluding carboxylic acids is 1. The van der Waals surface area contributed by atoms with E-state index in [9.17, 15) is 4.79 Å². The Kier molecular flexibility index (Phi) is 5.23. The van der Waals surface area contributed by atoms with E-state index in [1.165, 1.54) is 0 Å². The molecule has 1 aromatic carbocycles. The van der Waals surface area contributed by atoms with Gasteiger partial charge in [0.2, 0.25) is 0 Å². The number of carbonyl (C=O) groups is 1. The largest absolute Gasteiger partial charge is 0.486 e. The number of benzene rings is 1. The summed E-state index contributed by atoms with van der Waals surface area (Å²) in [4.78, 5) is 18.6. The van der Waals surface area contributed by atoms with E-state index in [1.54, 1.807) is 30.7 Å². The van der Waals surface area contributed by atoms with Crippen molar-refractivity contribution in [1.82, 2.24) is 25.4 Å². The summed E-state index contributed by atoms with van der Waals surface area (Å²) in [7, 11) is 0. The highest BCUT2D eigenvalue weighted by Gasteiger charge is 2.27. The van der Waals surface area contributed by atoms with Gasteiger partial charge in [0.25, 0.3) is 5.91 Å². The molecule has 1 unspecified atom stereocenters. The summed E-state index contributed by atoms with van der Waals surface area (Å²) in [6.07, 6.45) is 7.17. The Morgan fingerprint density at radius 1 is 1.23 bits per heavy atom. The molecule has 1 atom stereocenters. The minimum absolute atomic E-state index is 0.000154. The van der Waals surface area contributed by atoms with E-state index in [-0.39, 0.29) is 12.0 Å². The first-order valence-electron chi connectivity index (χ1n) is 10.4. The lowest BCUT2D eigenvalue weighted by Crippen LogP contribution is -2.45. The van der Waals surface area contributed by atoms with Crippen LogP contribution in [0.4, 0.5) is 0 Å². The molecule has 2 aliphatic rings.